The lowest BCUT2D eigenvalue weighted by Crippen LogP contribution is -2.32. The second-order valence-electron chi connectivity index (χ2n) is 7.27. The van der Waals surface area contributed by atoms with Gasteiger partial charge in [0.15, 0.2) is 11.5 Å². The summed E-state index contributed by atoms with van der Waals surface area (Å²) in [6, 6.07) is 20.2. The molecule has 0 aliphatic carbocycles. The summed E-state index contributed by atoms with van der Waals surface area (Å²) < 4.78 is 16.8. The first-order valence-electron chi connectivity index (χ1n) is 10.7. The Kier molecular flexibility index (Phi) is 8.62. The van der Waals surface area contributed by atoms with Gasteiger partial charge in [0.1, 0.15) is 12.4 Å². The van der Waals surface area contributed by atoms with Gasteiger partial charge in [0.05, 0.1) is 25.6 Å². The number of benzene rings is 3. The van der Waals surface area contributed by atoms with Crippen LogP contribution >= 0.6 is 0 Å². The Hall–Kier alpha value is -4.33. The number of methoxy groups -OCH3 is 1. The van der Waals surface area contributed by atoms with E-state index < -0.39 is 11.8 Å². The largest absolute Gasteiger partial charge is 0.495 e. The van der Waals surface area contributed by atoms with Crippen LogP contribution in [0.5, 0.6) is 17.2 Å². The molecule has 0 saturated carbocycles. The maximum atomic E-state index is 12.1. The number of hydrogen-bond acceptors (Lipinski definition) is 6. The molecule has 3 aromatic carbocycles. The van der Waals surface area contributed by atoms with E-state index in [1.165, 1.54) is 18.9 Å². The van der Waals surface area contributed by atoms with Crippen molar-refractivity contribution in [2.45, 2.75) is 20.5 Å². The smallest absolute Gasteiger partial charge is 0.329 e. The predicted molar refractivity (Wildman–Crippen MR) is 130 cm³/mol. The number of hydrazone groups is 1. The molecule has 0 spiro atoms. The fourth-order valence-electron chi connectivity index (χ4n) is 2.98. The molecule has 0 heterocycles. The van der Waals surface area contributed by atoms with Gasteiger partial charge in [-0.25, -0.2) is 5.43 Å². The van der Waals surface area contributed by atoms with E-state index in [0.717, 1.165) is 5.56 Å². The highest BCUT2D eigenvalue weighted by atomic mass is 16.5. The summed E-state index contributed by atoms with van der Waals surface area (Å²) in [7, 11) is 1.48. The van der Waals surface area contributed by atoms with Crippen LogP contribution in [0, 0.1) is 6.92 Å². The molecule has 176 valence electrons. The number of carbonyl (C=O) groups is 2. The van der Waals surface area contributed by atoms with Gasteiger partial charge in [0.25, 0.3) is 0 Å². The minimum atomic E-state index is -0.912. The lowest BCUT2D eigenvalue weighted by Gasteiger charge is -2.13. The van der Waals surface area contributed by atoms with Crippen molar-refractivity contribution >= 4 is 23.7 Å². The molecule has 34 heavy (non-hydrogen) atoms. The van der Waals surface area contributed by atoms with Crippen molar-refractivity contribution in [1.82, 2.24) is 5.43 Å². The third kappa shape index (κ3) is 6.83. The Morgan fingerprint density at radius 1 is 0.912 bits per heavy atom. The zero-order valence-corrected chi connectivity index (χ0v) is 19.3. The van der Waals surface area contributed by atoms with Crippen LogP contribution in [0.25, 0.3) is 0 Å². The number of aryl methyl sites for hydroxylation is 1. The van der Waals surface area contributed by atoms with E-state index in [1.807, 2.05) is 38.1 Å². The topological polar surface area (TPSA) is 98.2 Å². The van der Waals surface area contributed by atoms with Crippen LogP contribution in [0.15, 0.2) is 71.8 Å². The first-order chi connectivity index (χ1) is 16.5. The second-order valence-corrected chi connectivity index (χ2v) is 7.27. The first kappa shape index (κ1) is 24.3. The Labute approximate surface area is 198 Å². The molecule has 0 aliphatic heterocycles. The molecule has 2 amide bonds. The van der Waals surface area contributed by atoms with E-state index in [-0.39, 0.29) is 0 Å². The third-order valence-electron chi connectivity index (χ3n) is 4.72. The number of anilines is 1. The van der Waals surface area contributed by atoms with E-state index in [1.54, 1.807) is 42.5 Å². The molecule has 0 aliphatic rings. The number of carbonyl (C=O) groups excluding carboxylic acids is 2. The van der Waals surface area contributed by atoms with Crippen molar-refractivity contribution in [3.8, 4) is 17.2 Å². The maximum Gasteiger partial charge on any atom is 0.329 e. The van der Waals surface area contributed by atoms with Gasteiger partial charge in [0.2, 0.25) is 0 Å². The summed E-state index contributed by atoms with van der Waals surface area (Å²) in [6.45, 7) is 4.78. The molecule has 3 aromatic rings. The average molecular weight is 462 g/mol. The van der Waals surface area contributed by atoms with Crippen molar-refractivity contribution in [2.24, 2.45) is 5.10 Å². The monoisotopic (exact) mass is 461 g/mol. The van der Waals surface area contributed by atoms with Gasteiger partial charge < -0.3 is 19.5 Å². The molecule has 2 N–H and O–H groups in total. The van der Waals surface area contributed by atoms with Gasteiger partial charge in [-0.1, -0.05) is 42.0 Å². The quantitative estimate of drug-likeness (QED) is 0.284. The molecular formula is C26H27N3O5. The van der Waals surface area contributed by atoms with Crippen LogP contribution < -0.4 is 25.0 Å². The number of para-hydroxylation sites is 2. The zero-order valence-electron chi connectivity index (χ0n) is 19.3. The summed E-state index contributed by atoms with van der Waals surface area (Å²) in [4.78, 5) is 24.2. The van der Waals surface area contributed by atoms with Crippen LogP contribution in [-0.4, -0.2) is 31.7 Å². The maximum absolute atomic E-state index is 12.1. The van der Waals surface area contributed by atoms with Crippen LogP contribution in [0.3, 0.4) is 0 Å². The van der Waals surface area contributed by atoms with E-state index in [0.29, 0.717) is 41.7 Å². The number of amides is 2. The molecule has 0 saturated heterocycles. The lowest BCUT2D eigenvalue weighted by atomic mass is 10.2. The molecule has 8 heteroatoms. The van der Waals surface area contributed by atoms with Gasteiger partial charge in [0, 0.05) is 0 Å². The fraction of sp³-hybridized carbons (Fsp3) is 0.192. The van der Waals surface area contributed by atoms with Crippen molar-refractivity contribution in [2.75, 3.05) is 19.0 Å². The summed E-state index contributed by atoms with van der Waals surface area (Å²) in [6.07, 6.45) is 1.42. The van der Waals surface area contributed by atoms with E-state index in [4.69, 9.17) is 14.2 Å². The minimum Gasteiger partial charge on any atom is -0.495 e. The highest BCUT2D eigenvalue weighted by Crippen LogP contribution is 2.29. The molecular weight excluding hydrogens is 434 g/mol. The summed E-state index contributed by atoms with van der Waals surface area (Å²) in [5.74, 6) is -0.180. The Morgan fingerprint density at radius 3 is 2.41 bits per heavy atom. The number of rotatable bonds is 9. The predicted octanol–water partition coefficient (Wildman–Crippen LogP) is 4.07. The Bertz CT molecular complexity index is 1160. The fourth-order valence-corrected chi connectivity index (χ4v) is 2.98. The van der Waals surface area contributed by atoms with Gasteiger partial charge in [-0.3, -0.25) is 9.59 Å². The summed E-state index contributed by atoms with van der Waals surface area (Å²) >= 11 is 0. The number of ether oxygens (including phenoxy) is 3. The van der Waals surface area contributed by atoms with Gasteiger partial charge in [-0.2, -0.15) is 5.10 Å². The summed E-state index contributed by atoms with van der Waals surface area (Å²) in [5, 5.41) is 6.35. The average Bonchev–Trinajstić information content (AvgIpc) is 2.85. The summed E-state index contributed by atoms with van der Waals surface area (Å²) in [5.41, 5.74) is 5.50. The van der Waals surface area contributed by atoms with Crippen molar-refractivity contribution < 1.29 is 23.8 Å². The van der Waals surface area contributed by atoms with Crippen molar-refractivity contribution in [3.63, 3.8) is 0 Å². The van der Waals surface area contributed by atoms with Gasteiger partial charge >= 0.3 is 11.8 Å². The number of nitrogens with zero attached hydrogens (tertiary/aromatic N) is 1. The van der Waals surface area contributed by atoms with Crippen LogP contribution in [0.4, 0.5) is 5.69 Å². The van der Waals surface area contributed by atoms with Crippen LogP contribution in [0.2, 0.25) is 0 Å². The number of nitrogens with one attached hydrogen (secondary N) is 2. The van der Waals surface area contributed by atoms with E-state index in [9.17, 15) is 9.59 Å². The molecule has 8 nitrogen and oxygen atoms in total. The minimum absolute atomic E-state index is 0.386. The van der Waals surface area contributed by atoms with Crippen molar-refractivity contribution in [1.29, 1.82) is 0 Å². The zero-order chi connectivity index (χ0) is 24.3. The SMILES string of the molecule is CCOc1cc(/C=N/NC(=O)C(=O)Nc2ccccc2OC)ccc1OCc1ccc(C)cc1. The third-order valence-corrected chi connectivity index (χ3v) is 4.72. The highest BCUT2D eigenvalue weighted by molar-refractivity contribution is 6.39. The van der Waals surface area contributed by atoms with Crippen molar-refractivity contribution in [3.05, 3.63) is 83.4 Å². The molecule has 0 aromatic heterocycles. The molecule has 0 bridgehead atoms. The van der Waals surface area contributed by atoms with E-state index >= 15 is 0 Å². The molecule has 0 fully saturated rings. The molecule has 0 radical (unpaired) electrons. The van der Waals surface area contributed by atoms with E-state index in [2.05, 4.69) is 15.8 Å². The van der Waals surface area contributed by atoms with Gasteiger partial charge in [-0.15, -0.1) is 0 Å². The first-order valence-corrected chi connectivity index (χ1v) is 10.7. The Morgan fingerprint density at radius 2 is 1.68 bits per heavy atom. The van der Waals surface area contributed by atoms with Crippen LogP contribution in [-0.2, 0) is 16.2 Å². The lowest BCUT2D eigenvalue weighted by molar-refractivity contribution is -0.136. The normalized spacial score (nSPS) is 10.6. The Balaban J connectivity index is 1.60. The molecule has 0 unspecified atom stereocenters. The standard InChI is InChI=1S/C26H27N3O5/c1-4-33-24-15-20(13-14-23(24)34-17-19-11-9-18(2)10-12-19)16-27-29-26(31)25(30)28-21-7-5-6-8-22(21)32-3/h5-16H,4,17H2,1-3H3,(H,28,30)(H,29,31)/b27-16+. The van der Waals surface area contributed by atoms with Crippen LogP contribution in [0.1, 0.15) is 23.6 Å². The number of hydrogen-bond donors (Lipinski definition) is 2. The van der Waals surface area contributed by atoms with Gasteiger partial charge in [-0.05, 0) is 55.3 Å². The molecule has 0 atom stereocenters. The molecule has 3 rings (SSSR count). The highest BCUT2D eigenvalue weighted by Gasteiger charge is 2.15. The second kappa shape index (κ2) is 12.1.